The Kier molecular flexibility index (Phi) is 4.61. The van der Waals surface area contributed by atoms with Crippen LogP contribution in [0.3, 0.4) is 0 Å². The SMILES string of the molecule is CCNC(c1nc(C)c(C)s1)c1c(C)cc(C)cc1C. The van der Waals surface area contributed by atoms with Crippen LogP contribution >= 0.6 is 11.3 Å². The van der Waals surface area contributed by atoms with E-state index in [1.807, 2.05) is 0 Å². The number of rotatable bonds is 4. The van der Waals surface area contributed by atoms with Crippen LogP contribution in [0.25, 0.3) is 0 Å². The van der Waals surface area contributed by atoms with Gasteiger partial charge in [0.2, 0.25) is 0 Å². The van der Waals surface area contributed by atoms with E-state index >= 15 is 0 Å². The highest BCUT2D eigenvalue weighted by molar-refractivity contribution is 7.11. The van der Waals surface area contributed by atoms with Crippen molar-refractivity contribution in [3.05, 3.63) is 50.0 Å². The molecule has 0 saturated carbocycles. The molecular weight excluding hydrogens is 264 g/mol. The predicted octanol–water partition coefficient (Wildman–Crippen LogP) is 4.38. The van der Waals surface area contributed by atoms with Gasteiger partial charge >= 0.3 is 0 Å². The van der Waals surface area contributed by atoms with E-state index < -0.39 is 0 Å². The Morgan fingerprint density at radius 3 is 2.15 bits per heavy atom. The molecule has 0 radical (unpaired) electrons. The summed E-state index contributed by atoms with van der Waals surface area (Å²) in [7, 11) is 0. The van der Waals surface area contributed by atoms with Gasteiger partial charge in [-0.3, -0.25) is 0 Å². The van der Waals surface area contributed by atoms with Crippen LogP contribution in [0.5, 0.6) is 0 Å². The number of nitrogens with zero attached hydrogens (tertiary/aromatic N) is 1. The maximum atomic E-state index is 4.77. The zero-order valence-electron chi connectivity index (χ0n) is 13.3. The highest BCUT2D eigenvalue weighted by Crippen LogP contribution is 2.32. The smallest absolute Gasteiger partial charge is 0.115 e. The summed E-state index contributed by atoms with van der Waals surface area (Å²) < 4.78 is 0. The van der Waals surface area contributed by atoms with Crippen molar-refractivity contribution in [3.8, 4) is 0 Å². The van der Waals surface area contributed by atoms with E-state index in [1.54, 1.807) is 11.3 Å². The van der Waals surface area contributed by atoms with Gasteiger partial charge in [0, 0.05) is 4.88 Å². The summed E-state index contributed by atoms with van der Waals surface area (Å²) in [6.45, 7) is 13.9. The molecule has 1 aromatic carbocycles. The van der Waals surface area contributed by atoms with Crippen molar-refractivity contribution >= 4 is 11.3 Å². The molecule has 20 heavy (non-hydrogen) atoms. The molecule has 0 amide bonds. The van der Waals surface area contributed by atoms with Crippen molar-refractivity contribution in [2.45, 2.75) is 47.6 Å². The molecule has 0 saturated heterocycles. The Labute approximate surface area is 126 Å². The topological polar surface area (TPSA) is 24.9 Å². The highest BCUT2D eigenvalue weighted by Gasteiger charge is 2.21. The number of hydrogen-bond acceptors (Lipinski definition) is 3. The van der Waals surface area contributed by atoms with Crippen LogP contribution < -0.4 is 5.32 Å². The van der Waals surface area contributed by atoms with Crippen LogP contribution in [-0.2, 0) is 0 Å². The molecule has 0 aliphatic rings. The first-order valence-corrected chi connectivity index (χ1v) is 8.00. The fraction of sp³-hybridized carbons (Fsp3) is 0.471. The molecular formula is C17H24N2S. The molecule has 0 spiro atoms. The lowest BCUT2D eigenvalue weighted by molar-refractivity contribution is 0.620. The van der Waals surface area contributed by atoms with Gasteiger partial charge in [0.05, 0.1) is 11.7 Å². The second kappa shape index (κ2) is 6.06. The summed E-state index contributed by atoms with van der Waals surface area (Å²) in [6.07, 6.45) is 0. The van der Waals surface area contributed by atoms with Crippen LogP contribution in [-0.4, -0.2) is 11.5 Å². The minimum absolute atomic E-state index is 0.206. The van der Waals surface area contributed by atoms with E-state index in [-0.39, 0.29) is 6.04 Å². The largest absolute Gasteiger partial charge is 0.305 e. The van der Waals surface area contributed by atoms with E-state index in [2.05, 4.69) is 59.0 Å². The molecule has 0 bridgehead atoms. The third-order valence-electron chi connectivity index (χ3n) is 3.73. The van der Waals surface area contributed by atoms with Gasteiger partial charge < -0.3 is 5.32 Å². The number of aromatic nitrogens is 1. The Morgan fingerprint density at radius 1 is 1.10 bits per heavy atom. The van der Waals surface area contributed by atoms with Gasteiger partial charge in [-0.1, -0.05) is 24.6 Å². The molecule has 1 unspecified atom stereocenters. The third-order valence-corrected chi connectivity index (χ3v) is 4.86. The van der Waals surface area contributed by atoms with E-state index in [0.29, 0.717) is 0 Å². The van der Waals surface area contributed by atoms with Gasteiger partial charge in [-0.15, -0.1) is 11.3 Å². The van der Waals surface area contributed by atoms with Crippen molar-refractivity contribution in [2.24, 2.45) is 0 Å². The van der Waals surface area contributed by atoms with E-state index in [9.17, 15) is 0 Å². The van der Waals surface area contributed by atoms with Crippen LogP contribution in [0, 0.1) is 34.6 Å². The first-order valence-electron chi connectivity index (χ1n) is 7.19. The molecule has 2 rings (SSSR count). The summed E-state index contributed by atoms with van der Waals surface area (Å²) in [6, 6.07) is 4.73. The van der Waals surface area contributed by atoms with Crippen molar-refractivity contribution in [1.29, 1.82) is 0 Å². The third kappa shape index (κ3) is 2.94. The normalized spacial score (nSPS) is 12.7. The molecule has 1 heterocycles. The van der Waals surface area contributed by atoms with E-state index in [4.69, 9.17) is 4.98 Å². The number of hydrogen-bond donors (Lipinski definition) is 1. The molecule has 2 nitrogen and oxygen atoms in total. The van der Waals surface area contributed by atoms with Crippen LogP contribution in [0.4, 0.5) is 0 Å². The van der Waals surface area contributed by atoms with Crippen LogP contribution in [0.1, 0.15) is 50.8 Å². The molecule has 3 heteroatoms. The van der Waals surface area contributed by atoms with Crippen molar-refractivity contribution in [2.75, 3.05) is 6.54 Å². The van der Waals surface area contributed by atoms with Crippen LogP contribution in [0.2, 0.25) is 0 Å². The monoisotopic (exact) mass is 288 g/mol. The Bertz CT molecular complexity index is 571. The van der Waals surface area contributed by atoms with E-state index in [0.717, 1.165) is 12.2 Å². The lowest BCUT2D eigenvalue weighted by Crippen LogP contribution is -2.23. The maximum absolute atomic E-state index is 4.77. The fourth-order valence-corrected chi connectivity index (χ4v) is 3.79. The van der Waals surface area contributed by atoms with Gasteiger partial charge in [-0.05, 0) is 57.9 Å². The van der Waals surface area contributed by atoms with Gasteiger partial charge in [0.25, 0.3) is 0 Å². The quantitative estimate of drug-likeness (QED) is 0.903. The number of benzene rings is 1. The first-order chi connectivity index (χ1) is 9.43. The summed E-state index contributed by atoms with van der Waals surface area (Å²) in [5.74, 6) is 0. The lowest BCUT2D eigenvalue weighted by atomic mass is 9.94. The Morgan fingerprint density at radius 2 is 1.70 bits per heavy atom. The number of thiazole rings is 1. The van der Waals surface area contributed by atoms with Gasteiger partial charge in [-0.2, -0.15) is 0 Å². The van der Waals surface area contributed by atoms with Crippen molar-refractivity contribution < 1.29 is 0 Å². The molecule has 1 atom stereocenters. The predicted molar refractivity (Wildman–Crippen MR) is 87.8 cm³/mol. The molecule has 1 N–H and O–H groups in total. The highest BCUT2D eigenvalue weighted by atomic mass is 32.1. The Hall–Kier alpha value is -1.19. The van der Waals surface area contributed by atoms with E-state index in [1.165, 1.54) is 32.1 Å². The Balaban J connectivity index is 2.54. The van der Waals surface area contributed by atoms with Gasteiger partial charge in [-0.25, -0.2) is 4.98 Å². The van der Waals surface area contributed by atoms with Crippen molar-refractivity contribution in [1.82, 2.24) is 10.3 Å². The first kappa shape index (κ1) is 15.2. The molecule has 0 aliphatic carbocycles. The average molecular weight is 288 g/mol. The second-order valence-electron chi connectivity index (χ2n) is 5.50. The fourth-order valence-electron chi connectivity index (χ4n) is 2.78. The molecule has 108 valence electrons. The summed E-state index contributed by atoms with van der Waals surface area (Å²) in [5, 5.41) is 4.78. The van der Waals surface area contributed by atoms with Gasteiger partial charge in [0.15, 0.2) is 0 Å². The average Bonchev–Trinajstić information content (AvgIpc) is 2.67. The second-order valence-corrected chi connectivity index (χ2v) is 6.73. The molecule has 2 aromatic rings. The van der Waals surface area contributed by atoms with Crippen LogP contribution in [0.15, 0.2) is 12.1 Å². The molecule has 0 fully saturated rings. The minimum Gasteiger partial charge on any atom is -0.305 e. The molecule has 1 aromatic heterocycles. The maximum Gasteiger partial charge on any atom is 0.115 e. The van der Waals surface area contributed by atoms with Gasteiger partial charge in [0.1, 0.15) is 5.01 Å². The standard InChI is InChI=1S/C17H24N2S/c1-7-18-16(17-19-13(5)14(6)20-17)15-11(3)8-10(2)9-12(15)4/h8-9,16,18H,7H2,1-6H3. The molecule has 0 aliphatic heterocycles. The number of aryl methyl sites for hydroxylation is 5. The summed E-state index contributed by atoms with van der Waals surface area (Å²) in [5.41, 5.74) is 6.55. The number of nitrogens with one attached hydrogen (secondary N) is 1. The zero-order valence-corrected chi connectivity index (χ0v) is 14.1. The summed E-state index contributed by atoms with van der Waals surface area (Å²) >= 11 is 1.81. The zero-order chi connectivity index (χ0) is 14.9. The van der Waals surface area contributed by atoms with Crippen molar-refractivity contribution in [3.63, 3.8) is 0 Å². The minimum atomic E-state index is 0.206. The lowest BCUT2D eigenvalue weighted by Gasteiger charge is -2.21. The summed E-state index contributed by atoms with van der Waals surface area (Å²) in [4.78, 5) is 6.08.